The SMILES string of the molecule is COC(=O)c1cc(C2(CO)CCC2)oc1C. The predicted molar refractivity (Wildman–Crippen MR) is 57.4 cm³/mol. The summed E-state index contributed by atoms with van der Waals surface area (Å²) in [6.07, 6.45) is 2.92. The van der Waals surface area contributed by atoms with Gasteiger partial charge in [0, 0.05) is 0 Å². The molecule has 0 radical (unpaired) electrons. The topological polar surface area (TPSA) is 59.7 Å². The van der Waals surface area contributed by atoms with Gasteiger partial charge in [-0.2, -0.15) is 0 Å². The molecule has 1 aliphatic rings. The minimum atomic E-state index is -0.389. The molecule has 0 atom stereocenters. The number of rotatable bonds is 3. The van der Waals surface area contributed by atoms with Crippen LogP contribution in [0.4, 0.5) is 0 Å². The van der Waals surface area contributed by atoms with Crippen molar-refractivity contribution in [3.63, 3.8) is 0 Å². The van der Waals surface area contributed by atoms with E-state index in [0.29, 0.717) is 17.1 Å². The van der Waals surface area contributed by atoms with Gasteiger partial charge in [0.2, 0.25) is 0 Å². The summed E-state index contributed by atoms with van der Waals surface area (Å²) in [7, 11) is 1.35. The highest BCUT2D eigenvalue weighted by molar-refractivity contribution is 5.90. The van der Waals surface area contributed by atoms with Crippen LogP contribution < -0.4 is 0 Å². The van der Waals surface area contributed by atoms with Gasteiger partial charge >= 0.3 is 5.97 Å². The summed E-state index contributed by atoms with van der Waals surface area (Å²) in [6.45, 7) is 1.81. The van der Waals surface area contributed by atoms with Crippen molar-refractivity contribution in [1.29, 1.82) is 0 Å². The van der Waals surface area contributed by atoms with Crippen LogP contribution in [0.25, 0.3) is 0 Å². The van der Waals surface area contributed by atoms with Gasteiger partial charge in [0.1, 0.15) is 17.1 Å². The van der Waals surface area contributed by atoms with Crippen molar-refractivity contribution >= 4 is 5.97 Å². The third-order valence-electron chi connectivity index (χ3n) is 3.46. The molecule has 0 amide bonds. The molecule has 4 nitrogen and oxygen atoms in total. The van der Waals surface area contributed by atoms with E-state index in [1.54, 1.807) is 13.0 Å². The molecule has 1 heterocycles. The van der Waals surface area contributed by atoms with E-state index in [4.69, 9.17) is 4.42 Å². The zero-order valence-corrected chi connectivity index (χ0v) is 9.58. The van der Waals surface area contributed by atoms with Crippen LogP contribution in [-0.4, -0.2) is 24.8 Å². The number of aliphatic hydroxyl groups is 1. The first kappa shape index (κ1) is 11.2. The molecule has 1 N–H and O–H groups in total. The highest BCUT2D eigenvalue weighted by Gasteiger charge is 2.41. The van der Waals surface area contributed by atoms with Crippen LogP contribution in [-0.2, 0) is 10.2 Å². The number of aliphatic hydroxyl groups excluding tert-OH is 1. The van der Waals surface area contributed by atoms with Gasteiger partial charge in [0.15, 0.2) is 0 Å². The third-order valence-corrected chi connectivity index (χ3v) is 3.46. The minimum absolute atomic E-state index is 0.0700. The molecule has 0 unspecified atom stereocenters. The van der Waals surface area contributed by atoms with Crippen molar-refractivity contribution in [3.05, 3.63) is 23.2 Å². The molecule has 2 rings (SSSR count). The van der Waals surface area contributed by atoms with Crippen molar-refractivity contribution < 1.29 is 19.1 Å². The number of esters is 1. The van der Waals surface area contributed by atoms with E-state index in [9.17, 15) is 9.90 Å². The summed E-state index contributed by atoms with van der Waals surface area (Å²) in [5.74, 6) is 0.876. The predicted octanol–water partition coefficient (Wildman–Crippen LogP) is 1.79. The molecule has 0 aliphatic heterocycles. The van der Waals surface area contributed by atoms with Crippen molar-refractivity contribution in [1.82, 2.24) is 0 Å². The van der Waals surface area contributed by atoms with Crippen LogP contribution in [0.3, 0.4) is 0 Å². The Kier molecular flexibility index (Phi) is 2.76. The Bertz CT molecular complexity index is 396. The van der Waals surface area contributed by atoms with Crippen LogP contribution in [0, 0.1) is 6.92 Å². The van der Waals surface area contributed by atoms with E-state index < -0.39 is 0 Å². The van der Waals surface area contributed by atoms with Gasteiger partial charge in [0.05, 0.1) is 19.1 Å². The van der Waals surface area contributed by atoms with Crippen LogP contribution in [0.1, 0.15) is 41.1 Å². The molecule has 1 saturated carbocycles. The molecule has 1 aromatic rings. The smallest absolute Gasteiger partial charge is 0.341 e. The second kappa shape index (κ2) is 3.94. The van der Waals surface area contributed by atoms with E-state index in [0.717, 1.165) is 19.3 Å². The number of ether oxygens (including phenoxy) is 1. The summed E-state index contributed by atoms with van der Waals surface area (Å²) in [5, 5.41) is 9.41. The zero-order valence-electron chi connectivity index (χ0n) is 9.58. The molecule has 1 aromatic heterocycles. The Morgan fingerprint density at radius 3 is 2.75 bits per heavy atom. The van der Waals surface area contributed by atoms with Crippen molar-refractivity contribution in [2.45, 2.75) is 31.6 Å². The van der Waals surface area contributed by atoms with Crippen LogP contribution in [0.5, 0.6) is 0 Å². The molecule has 1 fully saturated rings. The highest BCUT2D eigenvalue weighted by Crippen LogP contribution is 2.44. The fourth-order valence-corrected chi connectivity index (χ4v) is 2.14. The van der Waals surface area contributed by atoms with Gasteiger partial charge in [-0.25, -0.2) is 4.79 Å². The Morgan fingerprint density at radius 1 is 1.62 bits per heavy atom. The first-order valence-corrected chi connectivity index (χ1v) is 5.43. The molecule has 16 heavy (non-hydrogen) atoms. The van der Waals surface area contributed by atoms with Crippen molar-refractivity contribution in [2.75, 3.05) is 13.7 Å². The second-order valence-electron chi connectivity index (χ2n) is 4.36. The first-order chi connectivity index (χ1) is 7.63. The van der Waals surface area contributed by atoms with E-state index in [2.05, 4.69) is 4.74 Å². The molecule has 0 aromatic carbocycles. The van der Waals surface area contributed by atoms with E-state index >= 15 is 0 Å². The van der Waals surface area contributed by atoms with Crippen LogP contribution in [0.15, 0.2) is 10.5 Å². The number of furan rings is 1. The van der Waals surface area contributed by atoms with Gasteiger partial charge in [0.25, 0.3) is 0 Å². The molecule has 0 saturated heterocycles. The lowest BCUT2D eigenvalue weighted by Gasteiger charge is -2.38. The number of methoxy groups -OCH3 is 1. The van der Waals surface area contributed by atoms with Crippen molar-refractivity contribution in [3.8, 4) is 0 Å². The molecular weight excluding hydrogens is 208 g/mol. The Hall–Kier alpha value is -1.29. The highest BCUT2D eigenvalue weighted by atomic mass is 16.5. The standard InChI is InChI=1S/C12H16O4/c1-8-9(11(14)15-2)6-10(16-8)12(7-13)4-3-5-12/h6,13H,3-5,7H2,1-2H3. The maximum absolute atomic E-state index is 11.4. The maximum atomic E-state index is 11.4. The van der Waals surface area contributed by atoms with Gasteiger partial charge in [-0.3, -0.25) is 0 Å². The van der Waals surface area contributed by atoms with Crippen LogP contribution >= 0.6 is 0 Å². The van der Waals surface area contributed by atoms with E-state index in [1.807, 2.05) is 0 Å². The molecule has 0 spiro atoms. The number of hydrogen-bond acceptors (Lipinski definition) is 4. The first-order valence-electron chi connectivity index (χ1n) is 5.43. The molecule has 0 bridgehead atoms. The Labute approximate surface area is 94.2 Å². The van der Waals surface area contributed by atoms with E-state index in [1.165, 1.54) is 7.11 Å². The number of hydrogen-bond donors (Lipinski definition) is 1. The van der Waals surface area contributed by atoms with Crippen LogP contribution in [0.2, 0.25) is 0 Å². The fraction of sp³-hybridized carbons (Fsp3) is 0.583. The average molecular weight is 224 g/mol. The summed E-state index contributed by atoms with van der Waals surface area (Å²) in [6, 6.07) is 1.70. The van der Waals surface area contributed by atoms with Gasteiger partial charge in [-0.05, 0) is 25.8 Å². The quantitative estimate of drug-likeness (QED) is 0.795. The lowest BCUT2D eigenvalue weighted by molar-refractivity contribution is 0.0599. The summed E-state index contributed by atoms with van der Waals surface area (Å²) < 4.78 is 10.2. The third kappa shape index (κ3) is 1.53. The number of carbonyl (C=O) groups excluding carboxylic acids is 1. The Morgan fingerprint density at radius 2 is 2.31 bits per heavy atom. The van der Waals surface area contributed by atoms with Gasteiger partial charge < -0.3 is 14.3 Å². The maximum Gasteiger partial charge on any atom is 0.341 e. The minimum Gasteiger partial charge on any atom is -0.465 e. The molecular formula is C12H16O4. The average Bonchev–Trinajstić information content (AvgIpc) is 2.59. The number of carbonyl (C=O) groups is 1. The lowest BCUT2D eigenvalue weighted by Crippen LogP contribution is -2.37. The summed E-state index contributed by atoms with van der Waals surface area (Å²) in [4.78, 5) is 11.4. The lowest BCUT2D eigenvalue weighted by atomic mass is 9.68. The van der Waals surface area contributed by atoms with Crippen molar-refractivity contribution in [2.24, 2.45) is 0 Å². The monoisotopic (exact) mass is 224 g/mol. The zero-order chi connectivity index (χ0) is 11.8. The molecule has 88 valence electrons. The molecule has 1 aliphatic carbocycles. The largest absolute Gasteiger partial charge is 0.465 e. The summed E-state index contributed by atoms with van der Waals surface area (Å²) >= 11 is 0. The fourth-order valence-electron chi connectivity index (χ4n) is 2.14. The van der Waals surface area contributed by atoms with Gasteiger partial charge in [-0.15, -0.1) is 0 Å². The Balaban J connectivity index is 2.33. The summed E-state index contributed by atoms with van der Waals surface area (Å²) in [5.41, 5.74) is 0.189. The normalized spacial score (nSPS) is 17.9. The molecule has 4 heteroatoms. The van der Waals surface area contributed by atoms with E-state index in [-0.39, 0.29) is 18.0 Å². The second-order valence-corrected chi connectivity index (χ2v) is 4.36. The van der Waals surface area contributed by atoms with Gasteiger partial charge in [-0.1, -0.05) is 6.42 Å². The number of aryl methyl sites for hydroxylation is 1.